The summed E-state index contributed by atoms with van der Waals surface area (Å²) in [5, 5.41) is 12.8. The van der Waals surface area contributed by atoms with Crippen molar-refractivity contribution < 1.29 is 14.3 Å². The van der Waals surface area contributed by atoms with Gasteiger partial charge in [0, 0.05) is 15.4 Å². The summed E-state index contributed by atoms with van der Waals surface area (Å²) in [4.78, 5) is 15.8. The molecule has 0 fully saturated rings. The van der Waals surface area contributed by atoms with Gasteiger partial charge in [-0.1, -0.05) is 51.5 Å². The van der Waals surface area contributed by atoms with Gasteiger partial charge in [-0.2, -0.15) is 0 Å². The van der Waals surface area contributed by atoms with Crippen molar-refractivity contribution in [2.75, 3.05) is 0 Å². The van der Waals surface area contributed by atoms with Gasteiger partial charge in [0.25, 0.3) is 4.87 Å². The third-order valence-corrected chi connectivity index (χ3v) is 4.49. The number of nitrogens with zero attached hydrogens (tertiary/aromatic N) is 1. The Hall–Kier alpha value is -2.18. The highest BCUT2D eigenvalue weighted by molar-refractivity contribution is 9.10. The highest BCUT2D eigenvalue weighted by Gasteiger charge is 2.04. The molecule has 0 atom stereocenters. The van der Waals surface area contributed by atoms with Crippen molar-refractivity contribution in [1.29, 1.82) is 0 Å². The van der Waals surface area contributed by atoms with Crippen LogP contribution in [0, 0.1) is 6.92 Å². The van der Waals surface area contributed by atoms with E-state index in [1.165, 1.54) is 23.5 Å². The summed E-state index contributed by atoms with van der Waals surface area (Å²) in [7, 11) is 0. The van der Waals surface area contributed by atoms with Crippen molar-refractivity contribution in [3.8, 4) is 11.3 Å². The molecule has 0 aliphatic carbocycles. The molecule has 23 heavy (non-hydrogen) atoms. The van der Waals surface area contributed by atoms with Crippen LogP contribution in [-0.4, -0.2) is 5.97 Å². The first-order chi connectivity index (χ1) is 11.0. The van der Waals surface area contributed by atoms with Crippen molar-refractivity contribution in [3.63, 3.8) is 0 Å². The molecular formula is C17H11BrNO3S-. The molecule has 0 saturated carbocycles. The predicted molar refractivity (Wildman–Crippen MR) is 90.5 cm³/mol. The van der Waals surface area contributed by atoms with E-state index in [4.69, 9.17) is 4.42 Å². The Morgan fingerprint density at radius 3 is 2.65 bits per heavy atom. The molecule has 0 saturated heterocycles. The molecule has 3 rings (SSSR count). The Kier molecular flexibility index (Phi) is 4.45. The zero-order chi connectivity index (χ0) is 16.4. The van der Waals surface area contributed by atoms with Crippen molar-refractivity contribution in [2.24, 2.45) is 4.99 Å². The van der Waals surface area contributed by atoms with E-state index in [-0.39, 0.29) is 5.56 Å². The van der Waals surface area contributed by atoms with Gasteiger partial charge in [-0.25, -0.2) is 4.99 Å². The molecule has 0 aliphatic heterocycles. The second kappa shape index (κ2) is 6.52. The summed E-state index contributed by atoms with van der Waals surface area (Å²) >= 11 is 4.75. The maximum Gasteiger partial charge on any atom is 0.279 e. The minimum Gasteiger partial charge on any atom is -0.545 e. The lowest BCUT2D eigenvalue weighted by atomic mass is 10.1. The second-order valence-corrected chi connectivity index (χ2v) is 6.61. The van der Waals surface area contributed by atoms with E-state index in [0.717, 1.165) is 21.4 Å². The molecule has 0 radical (unpaired) electrons. The van der Waals surface area contributed by atoms with E-state index < -0.39 is 5.97 Å². The minimum atomic E-state index is -1.22. The van der Waals surface area contributed by atoms with Crippen LogP contribution < -0.4 is 9.97 Å². The number of carboxylic acid groups (broad SMARTS) is 1. The highest BCUT2D eigenvalue weighted by atomic mass is 79.9. The Morgan fingerprint density at radius 2 is 1.96 bits per heavy atom. The minimum absolute atomic E-state index is 0.0963. The smallest absolute Gasteiger partial charge is 0.279 e. The monoisotopic (exact) mass is 388 g/mol. The number of hydrogen-bond acceptors (Lipinski definition) is 5. The van der Waals surface area contributed by atoms with E-state index >= 15 is 0 Å². The molecule has 3 aromatic rings. The van der Waals surface area contributed by atoms with E-state index in [0.29, 0.717) is 10.6 Å². The summed E-state index contributed by atoms with van der Waals surface area (Å²) in [6, 6.07) is 12.5. The number of carbonyl (C=O) groups is 1. The molecule has 1 aromatic heterocycles. The summed E-state index contributed by atoms with van der Waals surface area (Å²) in [6.07, 6.45) is 0. The first-order valence-corrected chi connectivity index (χ1v) is 8.41. The van der Waals surface area contributed by atoms with Crippen molar-refractivity contribution in [3.05, 3.63) is 68.3 Å². The number of rotatable bonds is 3. The quantitative estimate of drug-likeness (QED) is 0.687. The molecule has 1 heterocycles. The van der Waals surface area contributed by atoms with Gasteiger partial charge >= 0.3 is 0 Å². The summed E-state index contributed by atoms with van der Waals surface area (Å²) in [6.45, 7) is 1.86. The number of aromatic carboxylic acids is 1. The first kappa shape index (κ1) is 15.7. The fourth-order valence-electron chi connectivity index (χ4n) is 1.99. The molecule has 4 nitrogen and oxygen atoms in total. The summed E-state index contributed by atoms with van der Waals surface area (Å²) < 4.78 is 6.74. The van der Waals surface area contributed by atoms with Gasteiger partial charge in [0.15, 0.2) is 0 Å². The predicted octanol–water partition coefficient (Wildman–Crippen LogP) is 3.67. The number of aryl methyl sites for hydroxylation is 1. The number of benzene rings is 2. The molecule has 6 heteroatoms. The van der Waals surface area contributed by atoms with Crippen LogP contribution in [0.25, 0.3) is 11.3 Å². The molecule has 0 N–H and O–H groups in total. The Bertz CT molecular complexity index is 926. The largest absolute Gasteiger partial charge is 0.545 e. The fourth-order valence-corrected chi connectivity index (χ4v) is 2.94. The van der Waals surface area contributed by atoms with Crippen molar-refractivity contribution >= 4 is 38.9 Å². The lowest BCUT2D eigenvalue weighted by molar-refractivity contribution is -0.255. The van der Waals surface area contributed by atoms with Crippen LogP contribution in [0.2, 0.25) is 0 Å². The average Bonchev–Trinajstić information content (AvgIpc) is 2.98. The van der Waals surface area contributed by atoms with Gasteiger partial charge in [0.2, 0.25) is 0 Å². The summed E-state index contributed by atoms with van der Waals surface area (Å²) in [5.74, 6) is -0.505. The molecule has 0 bridgehead atoms. The SMILES string of the molecule is Cc1ccc(C(=O)[O-])cc1N=c1oc(-c2ccc(Br)cc2)cs1. The fraction of sp³-hybridized carbons (Fsp3) is 0.0588. The summed E-state index contributed by atoms with van der Waals surface area (Å²) in [5.41, 5.74) is 2.47. The maximum atomic E-state index is 11.0. The third kappa shape index (κ3) is 3.60. The number of carboxylic acids is 1. The molecule has 0 aliphatic rings. The number of hydrogen-bond donors (Lipinski definition) is 0. The van der Waals surface area contributed by atoms with Gasteiger partial charge in [0.1, 0.15) is 5.76 Å². The van der Waals surface area contributed by atoms with Crippen LogP contribution in [-0.2, 0) is 0 Å². The van der Waals surface area contributed by atoms with Crippen LogP contribution in [0.15, 0.2) is 61.7 Å². The normalized spacial score (nSPS) is 11.7. The standard InChI is InChI=1S/C17H12BrNO3S/c1-10-2-3-12(16(20)21)8-14(10)19-17-22-15(9-23-17)11-4-6-13(18)7-5-11/h2-9H,1H3,(H,20,21)/p-1. The molecule has 0 unspecified atom stereocenters. The van der Waals surface area contributed by atoms with Crippen LogP contribution in [0.4, 0.5) is 5.69 Å². The van der Waals surface area contributed by atoms with E-state index in [9.17, 15) is 9.90 Å². The number of carbonyl (C=O) groups excluding carboxylic acids is 1. The average molecular weight is 389 g/mol. The Labute approximate surface area is 144 Å². The van der Waals surface area contributed by atoms with E-state index in [1.54, 1.807) is 6.07 Å². The van der Waals surface area contributed by atoms with Gasteiger partial charge < -0.3 is 14.3 Å². The molecule has 2 aromatic carbocycles. The van der Waals surface area contributed by atoms with Gasteiger partial charge in [-0.05, 0) is 36.2 Å². The van der Waals surface area contributed by atoms with Crippen LogP contribution >= 0.6 is 27.3 Å². The highest BCUT2D eigenvalue weighted by Crippen LogP contribution is 2.23. The van der Waals surface area contributed by atoms with E-state index in [1.807, 2.05) is 36.6 Å². The maximum absolute atomic E-state index is 11.0. The van der Waals surface area contributed by atoms with Crippen LogP contribution in [0.3, 0.4) is 0 Å². The zero-order valence-corrected chi connectivity index (χ0v) is 14.5. The molecule has 0 amide bonds. The van der Waals surface area contributed by atoms with Crippen LogP contribution in [0.1, 0.15) is 15.9 Å². The lowest BCUT2D eigenvalue weighted by Gasteiger charge is -2.04. The lowest BCUT2D eigenvalue weighted by Crippen LogP contribution is -2.22. The van der Waals surface area contributed by atoms with E-state index in [2.05, 4.69) is 20.9 Å². The molecule has 116 valence electrons. The zero-order valence-electron chi connectivity index (χ0n) is 12.1. The Balaban J connectivity index is 2.00. The van der Waals surface area contributed by atoms with Gasteiger partial charge in [-0.15, -0.1) is 0 Å². The number of halogens is 1. The van der Waals surface area contributed by atoms with Crippen molar-refractivity contribution in [1.82, 2.24) is 0 Å². The first-order valence-electron chi connectivity index (χ1n) is 6.74. The van der Waals surface area contributed by atoms with Crippen molar-refractivity contribution in [2.45, 2.75) is 6.92 Å². The second-order valence-electron chi connectivity index (χ2n) is 4.88. The molecular weight excluding hydrogens is 378 g/mol. The van der Waals surface area contributed by atoms with Crippen LogP contribution in [0.5, 0.6) is 0 Å². The van der Waals surface area contributed by atoms with Gasteiger partial charge in [-0.3, -0.25) is 0 Å². The molecule has 0 spiro atoms. The van der Waals surface area contributed by atoms with Gasteiger partial charge in [0.05, 0.1) is 11.7 Å². The Morgan fingerprint density at radius 1 is 1.22 bits per heavy atom. The third-order valence-electron chi connectivity index (χ3n) is 3.25. The topological polar surface area (TPSA) is 65.6 Å².